The van der Waals surface area contributed by atoms with E-state index in [1.807, 2.05) is 0 Å². The molecule has 2 heterocycles. The molecule has 2 aromatic heterocycles. The third-order valence-corrected chi connectivity index (χ3v) is 4.88. The molecular weight excluding hydrogens is 473 g/mol. The average molecular weight is 488 g/mol. The first kappa shape index (κ1) is 23.4. The first-order chi connectivity index (χ1) is 16.6. The number of alkyl halides is 3. The lowest BCUT2D eigenvalue weighted by Gasteiger charge is -2.13. The molecule has 2 aromatic carbocycles. The molecule has 0 saturated heterocycles. The van der Waals surface area contributed by atoms with Gasteiger partial charge in [-0.3, -0.25) is 20.0 Å². The first-order valence-corrected chi connectivity index (χ1v) is 9.96. The SMILES string of the molecule is CCOC(=O)c1cnn(-c2ccc(NC(=O)c3n[nH]c4ccc([N+](=O)[O-])cc34)cc2)c1C(F)(F)F. The second-order valence-electron chi connectivity index (χ2n) is 7.10. The number of esters is 1. The molecule has 4 rings (SSSR count). The Kier molecular flexibility index (Phi) is 5.94. The summed E-state index contributed by atoms with van der Waals surface area (Å²) in [5.74, 6) is -1.84. The fourth-order valence-corrected chi connectivity index (χ4v) is 3.34. The van der Waals surface area contributed by atoms with Crippen LogP contribution >= 0.6 is 0 Å². The molecule has 0 saturated carbocycles. The normalized spacial score (nSPS) is 11.4. The average Bonchev–Trinajstić information content (AvgIpc) is 3.44. The molecule has 0 unspecified atom stereocenters. The third kappa shape index (κ3) is 4.53. The van der Waals surface area contributed by atoms with Gasteiger partial charge in [0.15, 0.2) is 11.4 Å². The van der Waals surface area contributed by atoms with Gasteiger partial charge in [0, 0.05) is 23.2 Å². The molecule has 0 aliphatic heterocycles. The van der Waals surface area contributed by atoms with Crippen LogP contribution in [-0.4, -0.2) is 43.4 Å². The second kappa shape index (κ2) is 8.89. The summed E-state index contributed by atoms with van der Waals surface area (Å²) in [5, 5.41) is 23.9. The zero-order valence-corrected chi connectivity index (χ0v) is 17.8. The van der Waals surface area contributed by atoms with Crippen molar-refractivity contribution < 1.29 is 32.4 Å². The number of hydrogen-bond donors (Lipinski definition) is 2. The number of hydrogen-bond acceptors (Lipinski definition) is 7. The van der Waals surface area contributed by atoms with Crippen molar-refractivity contribution in [1.82, 2.24) is 20.0 Å². The van der Waals surface area contributed by atoms with Crippen LogP contribution in [0.3, 0.4) is 0 Å². The maximum Gasteiger partial charge on any atom is 0.434 e. The van der Waals surface area contributed by atoms with E-state index in [1.54, 1.807) is 0 Å². The van der Waals surface area contributed by atoms with Gasteiger partial charge in [-0.2, -0.15) is 23.4 Å². The van der Waals surface area contributed by atoms with Crippen LogP contribution in [0.5, 0.6) is 0 Å². The van der Waals surface area contributed by atoms with Crippen LogP contribution in [0.2, 0.25) is 0 Å². The topological polar surface area (TPSA) is 145 Å². The number of halogens is 3. The number of aromatic nitrogens is 4. The van der Waals surface area contributed by atoms with Crippen LogP contribution in [0.25, 0.3) is 16.6 Å². The lowest BCUT2D eigenvalue weighted by atomic mass is 10.1. The van der Waals surface area contributed by atoms with E-state index in [4.69, 9.17) is 0 Å². The Balaban J connectivity index is 1.60. The van der Waals surface area contributed by atoms with Gasteiger partial charge in [0.05, 0.1) is 28.9 Å². The van der Waals surface area contributed by atoms with E-state index in [1.165, 1.54) is 49.4 Å². The van der Waals surface area contributed by atoms with Gasteiger partial charge < -0.3 is 10.1 Å². The minimum absolute atomic E-state index is 0.0216. The van der Waals surface area contributed by atoms with Gasteiger partial charge in [-0.15, -0.1) is 0 Å². The number of ether oxygens (including phenoxy) is 1. The van der Waals surface area contributed by atoms with Gasteiger partial charge >= 0.3 is 12.1 Å². The number of nitro benzene ring substituents is 1. The predicted molar refractivity (Wildman–Crippen MR) is 115 cm³/mol. The summed E-state index contributed by atoms with van der Waals surface area (Å²) in [6.07, 6.45) is -4.12. The number of nitrogens with zero attached hydrogens (tertiary/aromatic N) is 4. The van der Waals surface area contributed by atoms with Gasteiger partial charge in [-0.1, -0.05) is 0 Å². The van der Waals surface area contributed by atoms with Crippen molar-refractivity contribution >= 4 is 34.2 Å². The van der Waals surface area contributed by atoms with Crippen molar-refractivity contribution in [3.05, 3.63) is 75.7 Å². The van der Waals surface area contributed by atoms with Crippen LogP contribution < -0.4 is 5.32 Å². The summed E-state index contributed by atoms with van der Waals surface area (Å²) >= 11 is 0. The van der Waals surface area contributed by atoms with Gasteiger partial charge in [-0.05, 0) is 37.3 Å². The van der Waals surface area contributed by atoms with Crippen LogP contribution in [0.4, 0.5) is 24.5 Å². The highest BCUT2D eigenvalue weighted by molar-refractivity contribution is 6.11. The molecule has 14 heteroatoms. The minimum Gasteiger partial charge on any atom is -0.462 e. The Labute approximate surface area is 193 Å². The Morgan fingerprint density at radius 1 is 1.20 bits per heavy atom. The summed E-state index contributed by atoms with van der Waals surface area (Å²) in [7, 11) is 0. The fraction of sp³-hybridized carbons (Fsp3) is 0.143. The van der Waals surface area contributed by atoms with Crippen molar-refractivity contribution in [3.63, 3.8) is 0 Å². The maximum absolute atomic E-state index is 13.7. The molecule has 11 nitrogen and oxygen atoms in total. The summed E-state index contributed by atoms with van der Waals surface area (Å²) in [5.41, 5.74) is -1.74. The Bertz CT molecular complexity index is 1440. The highest BCUT2D eigenvalue weighted by Crippen LogP contribution is 2.34. The van der Waals surface area contributed by atoms with E-state index in [0.29, 0.717) is 10.2 Å². The highest BCUT2D eigenvalue weighted by atomic mass is 19.4. The van der Waals surface area contributed by atoms with E-state index in [0.717, 1.165) is 6.20 Å². The van der Waals surface area contributed by atoms with E-state index >= 15 is 0 Å². The van der Waals surface area contributed by atoms with Crippen molar-refractivity contribution in [1.29, 1.82) is 0 Å². The number of carbonyl (C=O) groups is 2. The van der Waals surface area contributed by atoms with Gasteiger partial charge in [0.25, 0.3) is 11.6 Å². The molecule has 4 aromatic rings. The number of fused-ring (bicyclic) bond motifs is 1. The molecule has 1 amide bonds. The quantitative estimate of drug-likeness (QED) is 0.236. The highest BCUT2D eigenvalue weighted by Gasteiger charge is 2.41. The minimum atomic E-state index is -4.89. The number of H-pyrrole nitrogens is 1. The summed E-state index contributed by atoms with van der Waals surface area (Å²) in [4.78, 5) is 35.0. The molecule has 0 fully saturated rings. The van der Waals surface area contributed by atoms with Crippen LogP contribution in [0.15, 0.2) is 48.7 Å². The van der Waals surface area contributed by atoms with Crippen LogP contribution in [-0.2, 0) is 10.9 Å². The molecule has 180 valence electrons. The summed E-state index contributed by atoms with van der Waals surface area (Å²) in [6, 6.07) is 9.07. The number of nitro groups is 1. The number of anilines is 1. The van der Waals surface area contributed by atoms with Crippen molar-refractivity contribution in [2.24, 2.45) is 0 Å². The zero-order valence-electron chi connectivity index (χ0n) is 17.8. The van der Waals surface area contributed by atoms with Crippen molar-refractivity contribution in [3.8, 4) is 5.69 Å². The molecule has 0 aliphatic carbocycles. The smallest absolute Gasteiger partial charge is 0.434 e. The number of benzene rings is 2. The predicted octanol–water partition coefficient (Wildman–Crippen LogP) is 4.10. The van der Waals surface area contributed by atoms with Gasteiger partial charge in [0.2, 0.25) is 0 Å². The largest absolute Gasteiger partial charge is 0.462 e. The number of aromatic amines is 1. The number of nitrogens with one attached hydrogen (secondary N) is 2. The zero-order chi connectivity index (χ0) is 25.3. The third-order valence-electron chi connectivity index (χ3n) is 4.88. The Morgan fingerprint density at radius 2 is 1.91 bits per heavy atom. The number of amides is 1. The van der Waals surface area contributed by atoms with Crippen molar-refractivity contribution in [2.45, 2.75) is 13.1 Å². The second-order valence-corrected chi connectivity index (χ2v) is 7.10. The molecular formula is C21H15F3N6O5. The summed E-state index contributed by atoms with van der Waals surface area (Å²) < 4.78 is 46.2. The molecule has 35 heavy (non-hydrogen) atoms. The van der Waals surface area contributed by atoms with E-state index in [9.17, 15) is 32.9 Å². The first-order valence-electron chi connectivity index (χ1n) is 9.96. The van der Waals surface area contributed by atoms with Crippen LogP contribution in [0, 0.1) is 10.1 Å². The van der Waals surface area contributed by atoms with E-state index < -0.39 is 34.2 Å². The molecule has 0 aliphatic rings. The van der Waals surface area contributed by atoms with Crippen LogP contribution in [0.1, 0.15) is 33.5 Å². The fourth-order valence-electron chi connectivity index (χ4n) is 3.34. The van der Waals surface area contributed by atoms with E-state index in [2.05, 4.69) is 25.3 Å². The Morgan fingerprint density at radius 3 is 2.54 bits per heavy atom. The number of rotatable bonds is 6. The van der Waals surface area contributed by atoms with E-state index in [-0.39, 0.29) is 34.7 Å². The molecule has 2 N–H and O–H groups in total. The van der Waals surface area contributed by atoms with Gasteiger partial charge in [0.1, 0.15) is 5.56 Å². The monoisotopic (exact) mass is 488 g/mol. The molecule has 0 spiro atoms. The lowest BCUT2D eigenvalue weighted by molar-refractivity contribution is -0.384. The lowest BCUT2D eigenvalue weighted by Crippen LogP contribution is -2.18. The maximum atomic E-state index is 13.7. The molecule has 0 atom stereocenters. The molecule has 0 bridgehead atoms. The summed E-state index contributed by atoms with van der Waals surface area (Å²) in [6.45, 7) is 1.37. The Hall–Kier alpha value is -4.75. The standard InChI is InChI=1S/C21H15F3N6O5/c1-2-35-20(32)15-10-25-29(18(15)21(22,23)24)12-5-3-11(4-6-12)26-19(31)17-14-9-13(30(33)34)7-8-16(14)27-28-17/h3-10H,2H2,1H3,(H,26,31)(H,27,28). The van der Waals surface area contributed by atoms with Crippen molar-refractivity contribution in [2.75, 3.05) is 11.9 Å². The number of non-ortho nitro benzene ring substituents is 1. The number of carbonyl (C=O) groups excluding carboxylic acids is 2. The molecule has 0 radical (unpaired) electrons. The van der Waals surface area contributed by atoms with Gasteiger partial charge in [-0.25, -0.2) is 9.48 Å².